The average molecular weight is 446 g/mol. The highest BCUT2D eigenvalue weighted by atomic mass is 32.2. The third-order valence-electron chi connectivity index (χ3n) is 5.13. The van der Waals surface area contributed by atoms with Crippen LogP contribution in [0.15, 0.2) is 82.4 Å². The Morgan fingerprint density at radius 1 is 1.06 bits per heavy atom. The van der Waals surface area contributed by atoms with Crippen molar-refractivity contribution in [2.45, 2.75) is 18.5 Å². The number of furan rings is 1. The minimum absolute atomic E-state index is 0.117. The maximum atomic E-state index is 12.9. The number of para-hydroxylation sites is 2. The minimum Gasteiger partial charge on any atom is -0.467 e. The fourth-order valence-corrected chi connectivity index (χ4v) is 4.28. The summed E-state index contributed by atoms with van der Waals surface area (Å²) in [5.41, 5.74) is 3.02. The molecule has 1 N–H and O–H groups in total. The highest BCUT2D eigenvalue weighted by molar-refractivity contribution is 7.99. The number of benzene rings is 2. The number of nitrogens with one attached hydrogen (secondary N) is 1. The van der Waals surface area contributed by atoms with Gasteiger partial charge in [0.05, 0.1) is 40.4 Å². The number of carbonyl (C=O) groups is 2. The fourth-order valence-electron chi connectivity index (χ4n) is 3.39. The molecule has 4 aromatic rings. The molecule has 4 rings (SSSR count). The molecule has 0 fully saturated rings. The molecule has 6 nitrogen and oxygen atoms in total. The number of carbonyl (C=O) groups excluding carboxylic acids is 2. The van der Waals surface area contributed by atoms with E-state index < -0.39 is 0 Å². The molecular weight excluding hydrogens is 422 g/mol. The minimum atomic E-state index is -0.267. The second kappa shape index (κ2) is 9.70. The lowest BCUT2D eigenvalue weighted by Gasteiger charge is -2.20. The van der Waals surface area contributed by atoms with Crippen molar-refractivity contribution < 1.29 is 14.0 Å². The highest BCUT2D eigenvalue weighted by Gasteiger charge is 2.19. The smallest absolute Gasteiger partial charge is 0.253 e. The van der Waals surface area contributed by atoms with Gasteiger partial charge in [-0.05, 0) is 48.9 Å². The van der Waals surface area contributed by atoms with Crippen molar-refractivity contribution in [3.05, 3.63) is 89.9 Å². The molecule has 0 radical (unpaired) electrons. The number of thioether (sulfide) groups is 1. The zero-order chi connectivity index (χ0) is 22.5. The van der Waals surface area contributed by atoms with Crippen LogP contribution in [-0.4, -0.2) is 29.6 Å². The van der Waals surface area contributed by atoms with Gasteiger partial charge in [-0.3, -0.25) is 9.59 Å². The van der Waals surface area contributed by atoms with Crippen LogP contribution in [0.4, 0.5) is 5.69 Å². The Hall–Kier alpha value is -3.58. The lowest BCUT2D eigenvalue weighted by atomic mass is 10.1. The average Bonchev–Trinajstić information content (AvgIpc) is 3.34. The molecule has 7 heteroatoms. The third-order valence-corrected chi connectivity index (χ3v) is 6.03. The molecule has 0 saturated carbocycles. The van der Waals surface area contributed by atoms with Gasteiger partial charge in [-0.25, -0.2) is 4.98 Å². The predicted octanol–water partition coefficient (Wildman–Crippen LogP) is 4.82. The van der Waals surface area contributed by atoms with Gasteiger partial charge in [0.2, 0.25) is 5.91 Å². The second-order valence-corrected chi connectivity index (χ2v) is 8.31. The van der Waals surface area contributed by atoms with E-state index in [0.717, 1.165) is 21.5 Å². The van der Waals surface area contributed by atoms with Gasteiger partial charge < -0.3 is 14.6 Å². The molecule has 0 saturated heterocycles. The first-order chi connectivity index (χ1) is 15.5. The first-order valence-electron chi connectivity index (χ1n) is 10.2. The van der Waals surface area contributed by atoms with Gasteiger partial charge >= 0.3 is 0 Å². The van der Waals surface area contributed by atoms with Crippen molar-refractivity contribution >= 4 is 40.2 Å². The largest absolute Gasteiger partial charge is 0.467 e. The molecular formula is C25H23N3O3S. The van der Waals surface area contributed by atoms with E-state index >= 15 is 0 Å². The summed E-state index contributed by atoms with van der Waals surface area (Å²) < 4.78 is 5.26. The molecule has 2 aromatic heterocycles. The number of anilines is 1. The SMILES string of the molecule is Cc1cc(SCC(=O)N(C)c2ccccc2C(=O)NCc2ccco2)nc2ccccc12. The number of aryl methyl sites for hydroxylation is 1. The summed E-state index contributed by atoms with van der Waals surface area (Å²) in [5.74, 6) is 0.490. The van der Waals surface area contributed by atoms with Crippen LogP contribution in [-0.2, 0) is 11.3 Å². The summed E-state index contributed by atoms with van der Waals surface area (Å²) in [6.07, 6.45) is 1.56. The van der Waals surface area contributed by atoms with Gasteiger partial charge in [0.1, 0.15) is 5.76 Å². The highest BCUT2D eigenvalue weighted by Crippen LogP contribution is 2.25. The number of hydrogen-bond acceptors (Lipinski definition) is 5. The van der Waals surface area contributed by atoms with Crippen molar-refractivity contribution in [1.29, 1.82) is 0 Å². The number of amides is 2. The first kappa shape index (κ1) is 21.6. The van der Waals surface area contributed by atoms with E-state index in [1.807, 2.05) is 43.3 Å². The standard InChI is InChI=1S/C25H23N3O3S/c1-17-14-23(27-21-11-5-3-9-19(17)21)32-16-24(29)28(2)22-12-6-4-10-20(22)25(30)26-15-18-8-7-13-31-18/h3-14H,15-16H2,1-2H3,(H,26,30). The lowest BCUT2D eigenvalue weighted by Crippen LogP contribution is -2.31. The van der Waals surface area contributed by atoms with Crippen molar-refractivity contribution in [1.82, 2.24) is 10.3 Å². The van der Waals surface area contributed by atoms with Crippen molar-refractivity contribution in [3.8, 4) is 0 Å². The predicted molar refractivity (Wildman–Crippen MR) is 127 cm³/mol. The summed E-state index contributed by atoms with van der Waals surface area (Å²) in [7, 11) is 1.68. The number of fused-ring (bicyclic) bond motifs is 1. The van der Waals surface area contributed by atoms with Crippen LogP contribution in [0.1, 0.15) is 21.7 Å². The van der Waals surface area contributed by atoms with E-state index in [1.165, 1.54) is 16.7 Å². The quantitative estimate of drug-likeness (QED) is 0.413. The Labute approximate surface area is 190 Å². The maximum Gasteiger partial charge on any atom is 0.253 e. The molecule has 162 valence electrons. The van der Waals surface area contributed by atoms with E-state index in [0.29, 0.717) is 17.0 Å². The van der Waals surface area contributed by atoms with Crippen molar-refractivity contribution in [3.63, 3.8) is 0 Å². The summed E-state index contributed by atoms with van der Waals surface area (Å²) in [6, 6.07) is 20.6. The number of hydrogen-bond donors (Lipinski definition) is 1. The van der Waals surface area contributed by atoms with Gasteiger partial charge in [-0.1, -0.05) is 42.1 Å². The van der Waals surface area contributed by atoms with Crippen LogP contribution >= 0.6 is 11.8 Å². The molecule has 0 bridgehead atoms. The molecule has 2 aromatic carbocycles. The molecule has 0 spiro atoms. The normalized spacial score (nSPS) is 10.8. The Kier molecular flexibility index (Phi) is 6.56. The number of rotatable bonds is 7. The zero-order valence-electron chi connectivity index (χ0n) is 17.9. The van der Waals surface area contributed by atoms with E-state index in [2.05, 4.69) is 10.3 Å². The molecule has 0 aliphatic heterocycles. The lowest BCUT2D eigenvalue weighted by molar-refractivity contribution is -0.115. The fraction of sp³-hybridized carbons (Fsp3) is 0.160. The second-order valence-electron chi connectivity index (χ2n) is 7.32. The van der Waals surface area contributed by atoms with Crippen molar-refractivity contribution in [2.24, 2.45) is 0 Å². The summed E-state index contributed by atoms with van der Waals surface area (Å²) in [6.45, 7) is 2.32. The van der Waals surface area contributed by atoms with E-state index in [1.54, 1.807) is 43.6 Å². The Morgan fingerprint density at radius 3 is 2.66 bits per heavy atom. The van der Waals surface area contributed by atoms with Gasteiger partial charge in [0.15, 0.2) is 0 Å². The van der Waals surface area contributed by atoms with Crippen LogP contribution in [0.3, 0.4) is 0 Å². The number of aromatic nitrogens is 1. The summed E-state index contributed by atoms with van der Waals surface area (Å²) >= 11 is 1.39. The maximum absolute atomic E-state index is 12.9. The van der Waals surface area contributed by atoms with Gasteiger partial charge in [0, 0.05) is 12.4 Å². The van der Waals surface area contributed by atoms with Crippen LogP contribution in [0, 0.1) is 6.92 Å². The van der Waals surface area contributed by atoms with E-state index in [9.17, 15) is 9.59 Å². The molecule has 2 heterocycles. The Morgan fingerprint density at radius 2 is 1.84 bits per heavy atom. The summed E-state index contributed by atoms with van der Waals surface area (Å²) in [5, 5.41) is 4.74. The Bertz CT molecular complexity index is 1250. The van der Waals surface area contributed by atoms with Crippen LogP contribution in [0.2, 0.25) is 0 Å². The van der Waals surface area contributed by atoms with Crippen molar-refractivity contribution in [2.75, 3.05) is 17.7 Å². The molecule has 0 aliphatic rings. The molecule has 2 amide bonds. The molecule has 0 aliphatic carbocycles. The number of pyridine rings is 1. The third kappa shape index (κ3) is 4.84. The number of nitrogens with zero attached hydrogens (tertiary/aromatic N) is 2. The monoisotopic (exact) mass is 445 g/mol. The van der Waals surface area contributed by atoms with Gasteiger partial charge in [-0.2, -0.15) is 0 Å². The van der Waals surface area contributed by atoms with Crippen LogP contribution in [0.5, 0.6) is 0 Å². The van der Waals surface area contributed by atoms with Gasteiger partial charge in [-0.15, -0.1) is 0 Å². The van der Waals surface area contributed by atoms with E-state index in [-0.39, 0.29) is 24.1 Å². The van der Waals surface area contributed by atoms with Crippen LogP contribution < -0.4 is 10.2 Å². The topological polar surface area (TPSA) is 75.4 Å². The van der Waals surface area contributed by atoms with Gasteiger partial charge in [0.25, 0.3) is 5.91 Å². The zero-order valence-corrected chi connectivity index (χ0v) is 18.7. The van der Waals surface area contributed by atoms with E-state index in [4.69, 9.17) is 4.42 Å². The molecule has 0 unspecified atom stereocenters. The first-order valence-corrected chi connectivity index (χ1v) is 11.2. The molecule has 0 atom stereocenters. The van der Waals surface area contributed by atoms with Crippen LogP contribution in [0.25, 0.3) is 10.9 Å². The summed E-state index contributed by atoms with van der Waals surface area (Å²) in [4.78, 5) is 31.8. The molecule has 32 heavy (non-hydrogen) atoms. The Balaban J connectivity index is 1.44.